The fourth-order valence-electron chi connectivity index (χ4n) is 2.44. The Morgan fingerprint density at radius 2 is 1.80 bits per heavy atom. The lowest BCUT2D eigenvalue weighted by Gasteiger charge is -2.18. The van der Waals surface area contributed by atoms with Crippen molar-refractivity contribution in [3.05, 3.63) is 58.8 Å². The number of aryl methyl sites for hydroxylation is 1. The number of anilines is 1. The number of benzene rings is 1. The first-order valence-electron chi connectivity index (χ1n) is 8.03. The molecular formula is C19H20N4O2. The molecule has 2 aromatic heterocycles. The number of fused-ring (bicyclic) bond motifs is 1. The summed E-state index contributed by atoms with van der Waals surface area (Å²) in [5.74, 6) is 0.495. The summed E-state index contributed by atoms with van der Waals surface area (Å²) in [6.07, 6.45) is 1.62. The van der Waals surface area contributed by atoms with E-state index in [1.165, 1.54) is 0 Å². The predicted octanol–water partition coefficient (Wildman–Crippen LogP) is 3.07. The van der Waals surface area contributed by atoms with Crippen molar-refractivity contribution < 1.29 is 4.79 Å². The molecule has 3 rings (SSSR count). The van der Waals surface area contributed by atoms with Gasteiger partial charge in [-0.2, -0.15) is 0 Å². The molecule has 0 aliphatic heterocycles. The molecule has 0 saturated carbocycles. The van der Waals surface area contributed by atoms with Crippen LogP contribution in [0.3, 0.4) is 0 Å². The summed E-state index contributed by atoms with van der Waals surface area (Å²) in [5, 5.41) is 3.34. The lowest BCUT2D eigenvalue weighted by atomic mass is 9.95. The van der Waals surface area contributed by atoms with E-state index in [1.807, 2.05) is 20.8 Å². The first-order valence-corrected chi connectivity index (χ1v) is 8.03. The fraction of sp³-hybridized carbons (Fsp3) is 0.263. The summed E-state index contributed by atoms with van der Waals surface area (Å²) >= 11 is 0. The van der Waals surface area contributed by atoms with Gasteiger partial charge in [0.05, 0.1) is 11.1 Å². The maximum Gasteiger partial charge on any atom is 0.267 e. The number of nitrogens with zero attached hydrogens (tertiary/aromatic N) is 3. The predicted molar refractivity (Wildman–Crippen MR) is 98.0 cm³/mol. The van der Waals surface area contributed by atoms with E-state index in [9.17, 15) is 9.59 Å². The van der Waals surface area contributed by atoms with Gasteiger partial charge in [-0.15, -0.1) is 0 Å². The smallest absolute Gasteiger partial charge is 0.267 e. The maximum atomic E-state index is 12.8. The summed E-state index contributed by atoms with van der Waals surface area (Å²) < 4.78 is 1.54. The molecule has 0 bridgehead atoms. The van der Waals surface area contributed by atoms with E-state index in [0.717, 1.165) is 0 Å². The SMILES string of the molecule is Cc1nc2ncccc2c(=O)n1-c1ccc(NC(=O)C(C)(C)C)cc1. The van der Waals surface area contributed by atoms with Crippen molar-refractivity contribution >= 4 is 22.6 Å². The Kier molecular flexibility index (Phi) is 4.12. The second-order valence-corrected chi connectivity index (χ2v) is 6.93. The van der Waals surface area contributed by atoms with Crippen LogP contribution in [-0.4, -0.2) is 20.4 Å². The number of hydrogen-bond donors (Lipinski definition) is 1. The highest BCUT2D eigenvalue weighted by Crippen LogP contribution is 2.19. The van der Waals surface area contributed by atoms with Gasteiger partial charge in [-0.1, -0.05) is 20.8 Å². The Bertz CT molecular complexity index is 999. The molecular weight excluding hydrogens is 316 g/mol. The average Bonchev–Trinajstić information content (AvgIpc) is 2.55. The zero-order chi connectivity index (χ0) is 18.2. The molecule has 6 heteroatoms. The summed E-state index contributed by atoms with van der Waals surface area (Å²) in [6.45, 7) is 7.34. The van der Waals surface area contributed by atoms with Crippen LogP contribution in [0.4, 0.5) is 5.69 Å². The highest BCUT2D eigenvalue weighted by molar-refractivity contribution is 5.94. The van der Waals surface area contributed by atoms with E-state index in [4.69, 9.17) is 0 Å². The second kappa shape index (κ2) is 6.12. The van der Waals surface area contributed by atoms with Gasteiger partial charge in [-0.3, -0.25) is 14.2 Å². The number of aromatic nitrogens is 3. The third-order valence-corrected chi connectivity index (χ3v) is 3.88. The van der Waals surface area contributed by atoms with Gasteiger partial charge in [-0.05, 0) is 43.3 Å². The van der Waals surface area contributed by atoms with E-state index in [2.05, 4.69) is 15.3 Å². The van der Waals surface area contributed by atoms with E-state index in [-0.39, 0.29) is 11.5 Å². The summed E-state index contributed by atoms with van der Waals surface area (Å²) in [4.78, 5) is 33.4. The van der Waals surface area contributed by atoms with Crippen molar-refractivity contribution in [3.8, 4) is 5.69 Å². The van der Waals surface area contributed by atoms with Gasteiger partial charge in [0.2, 0.25) is 5.91 Å². The number of carbonyl (C=O) groups is 1. The molecule has 0 saturated heterocycles. The molecule has 0 spiro atoms. The quantitative estimate of drug-likeness (QED) is 0.780. The Balaban J connectivity index is 2.00. The normalized spacial score (nSPS) is 11.5. The molecule has 0 fully saturated rings. The third kappa shape index (κ3) is 3.28. The number of amides is 1. The average molecular weight is 336 g/mol. The molecule has 3 aromatic rings. The van der Waals surface area contributed by atoms with Gasteiger partial charge < -0.3 is 5.32 Å². The van der Waals surface area contributed by atoms with Crippen LogP contribution in [0.5, 0.6) is 0 Å². The molecule has 0 unspecified atom stereocenters. The van der Waals surface area contributed by atoms with Gasteiger partial charge in [0.25, 0.3) is 5.56 Å². The van der Waals surface area contributed by atoms with Gasteiger partial charge in [0, 0.05) is 17.3 Å². The maximum absolute atomic E-state index is 12.8. The van der Waals surface area contributed by atoms with Crippen LogP contribution in [0.25, 0.3) is 16.7 Å². The lowest BCUT2D eigenvalue weighted by molar-refractivity contribution is -0.123. The van der Waals surface area contributed by atoms with Crippen molar-refractivity contribution in [1.82, 2.24) is 14.5 Å². The number of rotatable bonds is 2. The first kappa shape index (κ1) is 16.8. The summed E-state index contributed by atoms with van der Waals surface area (Å²) in [5.41, 5.74) is 1.18. The molecule has 6 nitrogen and oxygen atoms in total. The van der Waals surface area contributed by atoms with Crippen molar-refractivity contribution in [3.63, 3.8) is 0 Å². The Morgan fingerprint density at radius 3 is 2.44 bits per heavy atom. The molecule has 1 N–H and O–H groups in total. The van der Waals surface area contributed by atoms with Gasteiger partial charge in [0.15, 0.2) is 5.65 Å². The highest BCUT2D eigenvalue weighted by Gasteiger charge is 2.21. The van der Waals surface area contributed by atoms with Crippen LogP contribution >= 0.6 is 0 Å². The standard InChI is InChI=1S/C19H20N4O2/c1-12-21-16-15(6-5-11-20-16)17(24)23(12)14-9-7-13(8-10-14)22-18(25)19(2,3)4/h5-11H,1-4H3,(H,22,25). The van der Waals surface area contributed by atoms with Crippen LogP contribution in [0.1, 0.15) is 26.6 Å². The molecule has 128 valence electrons. The molecule has 25 heavy (non-hydrogen) atoms. The number of nitrogens with one attached hydrogen (secondary N) is 1. The van der Waals surface area contributed by atoms with E-state index in [0.29, 0.717) is 28.2 Å². The van der Waals surface area contributed by atoms with E-state index >= 15 is 0 Å². The minimum absolute atomic E-state index is 0.0629. The van der Waals surface area contributed by atoms with Crippen molar-refractivity contribution in [2.24, 2.45) is 5.41 Å². The largest absolute Gasteiger partial charge is 0.326 e. The van der Waals surface area contributed by atoms with E-state index in [1.54, 1.807) is 54.1 Å². The Morgan fingerprint density at radius 1 is 1.12 bits per heavy atom. The molecule has 0 aliphatic rings. The lowest BCUT2D eigenvalue weighted by Crippen LogP contribution is -2.27. The van der Waals surface area contributed by atoms with Crippen molar-refractivity contribution in [2.45, 2.75) is 27.7 Å². The molecule has 2 heterocycles. The molecule has 0 atom stereocenters. The topological polar surface area (TPSA) is 76.9 Å². The molecule has 1 aromatic carbocycles. The van der Waals surface area contributed by atoms with Crippen LogP contribution in [-0.2, 0) is 4.79 Å². The van der Waals surface area contributed by atoms with Crippen molar-refractivity contribution in [2.75, 3.05) is 5.32 Å². The summed E-state index contributed by atoms with van der Waals surface area (Å²) in [7, 11) is 0. The van der Waals surface area contributed by atoms with Crippen LogP contribution in [0.2, 0.25) is 0 Å². The first-order chi connectivity index (χ1) is 11.8. The minimum atomic E-state index is -0.471. The number of pyridine rings is 1. The highest BCUT2D eigenvalue weighted by atomic mass is 16.2. The molecule has 1 amide bonds. The van der Waals surface area contributed by atoms with Crippen LogP contribution in [0.15, 0.2) is 47.4 Å². The molecule has 0 radical (unpaired) electrons. The zero-order valence-electron chi connectivity index (χ0n) is 14.7. The Labute approximate surface area is 145 Å². The minimum Gasteiger partial charge on any atom is -0.326 e. The fourth-order valence-corrected chi connectivity index (χ4v) is 2.44. The number of carbonyl (C=O) groups excluding carboxylic acids is 1. The Hall–Kier alpha value is -3.02. The third-order valence-electron chi connectivity index (χ3n) is 3.88. The van der Waals surface area contributed by atoms with Gasteiger partial charge in [-0.25, -0.2) is 9.97 Å². The van der Waals surface area contributed by atoms with Crippen LogP contribution < -0.4 is 10.9 Å². The van der Waals surface area contributed by atoms with E-state index < -0.39 is 5.41 Å². The van der Waals surface area contributed by atoms with Crippen LogP contribution in [0, 0.1) is 12.3 Å². The number of hydrogen-bond acceptors (Lipinski definition) is 4. The second-order valence-electron chi connectivity index (χ2n) is 6.93. The zero-order valence-corrected chi connectivity index (χ0v) is 14.7. The van der Waals surface area contributed by atoms with Crippen molar-refractivity contribution in [1.29, 1.82) is 0 Å². The monoisotopic (exact) mass is 336 g/mol. The van der Waals surface area contributed by atoms with Gasteiger partial charge >= 0.3 is 0 Å². The summed E-state index contributed by atoms with van der Waals surface area (Å²) in [6, 6.07) is 10.6. The molecule has 0 aliphatic carbocycles. The van der Waals surface area contributed by atoms with Gasteiger partial charge in [0.1, 0.15) is 5.82 Å².